The summed E-state index contributed by atoms with van der Waals surface area (Å²) in [6.45, 7) is 5.80. The lowest BCUT2D eigenvalue weighted by Gasteiger charge is -2.29. The average Bonchev–Trinajstić information content (AvgIpc) is 2.84. The number of ether oxygens (including phenoxy) is 2. The Bertz CT molecular complexity index is 743. The average molecular weight is 367 g/mol. The van der Waals surface area contributed by atoms with Crippen LogP contribution < -0.4 is 14.4 Å². The van der Waals surface area contributed by atoms with Gasteiger partial charge in [0.15, 0.2) is 0 Å². The first kappa shape index (κ1) is 19.5. The molecule has 5 nitrogen and oxygen atoms in total. The van der Waals surface area contributed by atoms with Crippen molar-refractivity contribution in [3.05, 3.63) is 44.1 Å². The summed E-state index contributed by atoms with van der Waals surface area (Å²) in [4.78, 5) is 9.64. The van der Waals surface area contributed by atoms with E-state index in [1.165, 1.54) is 31.6 Å². The van der Waals surface area contributed by atoms with E-state index in [-0.39, 0.29) is 7.43 Å². The lowest BCUT2D eigenvalue weighted by Crippen LogP contribution is -2.35. The minimum absolute atomic E-state index is 0. The van der Waals surface area contributed by atoms with E-state index in [1.807, 2.05) is 30.6 Å². The highest BCUT2D eigenvalue weighted by molar-refractivity contribution is 5.78. The van der Waals surface area contributed by atoms with Crippen LogP contribution in [0.4, 0.5) is 5.69 Å². The number of rotatable bonds is 4. The fraction of sp³-hybridized carbons (Fsp3) is 0.455. The summed E-state index contributed by atoms with van der Waals surface area (Å²) in [5, 5.41) is 0. The Morgan fingerprint density at radius 2 is 1.78 bits per heavy atom. The summed E-state index contributed by atoms with van der Waals surface area (Å²) in [7, 11) is 3.39. The fourth-order valence-corrected chi connectivity index (χ4v) is 4.28. The van der Waals surface area contributed by atoms with E-state index >= 15 is 0 Å². The molecule has 2 saturated heterocycles. The lowest BCUT2D eigenvalue weighted by atomic mass is 9.98. The molecular weight excluding hydrogens is 338 g/mol. The minimum Gasteiger partial charge on any atom is -0.496 e. The highest BCUT2D eigenvalue weighted by Gasteiger charge is 2.26. The van der Waals surface area contributed by atoms with Gasteiger partial charge in [-0.25, -0.2) is 0 Å². The molecule has 27 heavy (non-hydrogen) atoms. The second-order valence-electron chi connectivity index (χ2n) is 7.22. The molecule has 2 atom stereocenters. The molecule has 2 fully saturated rings. The predicted octanol–water partition coefficient (Wildman–Crippen LogP) is 3.63. The standard InChI is InChI=1S/C21H27N3O2.CH2/c1-25-19-6-3-7-20(26-2)21(19)17-11-18(13-22-12-17)24-10-9-23-8-4-5-16(14-23)15-24;/h3,6-7,11-13,16H,4-5,8-10,14-15H2,1-2H3;1H2. The van der Waals surface area contributed by atoms with Crippen LogP contribution in [0.25, 0.3) is 11.1 Å². The number of piperidine rings is 1. The summed E-state index contributed by atoms with van der Waals surface area (Å²) in [5.41, 5.74) is 3.18. The maximum Gasteiger partial charge on any atom is 0.130 e. The molecule has 2 aliphatic rings. The molecule has 2 aliphatic heterocycles. The Balaban J connectivity index is 0.00000210. The van der Waals surface area contributed by atoms with Crippen molar-refractivity contribution in [2.75, 3.05) is 51.8 Å². The molecular formula is C22H29N3O2. The largest absolute Gasteiger partial charge is 0.496 e. The van der Waals surface area contributed by atoms with E-state index in [0.29, 0.717) is 0 Å². The van der Waals surface area contributed by atoms with Crippen LogP contribution in [0.5, 0.6) is 11.5 Å². The smallest absolute Gasteiger partial charge is 0.130 e. The molecule has 1 aromatic heterocycles. The van der Waals surface area contributed by atoms with Gasteiger partial charge in [-0.15, -0.1) is 0 Å². The van der Waals surface area contributed by atoms with E-state index in [4.69, 9.17) is 9.47 Å². The molecule has 144 valence electrons. The molecule has 0 spiro atoms. The quantitative estimate of drug-likeness (QED) is 0.825. The van der Waals surface area contributed by atoms with Gasteiger partial charge in [-0.1, -0.05) is 13.5 Å². The van der Waals surface area contributed by atoms with Gasteiger partial charge in [-0.05, 0) is 43.5 Å². The van der Waals surface area contributed by atoms with Crippen LogP contribution in [-0.2, 0) is 0 Å². The number of fused-ring (bicyclic) bond motifs is 2. The Morgan fingerprint density at radius 3 is 2.52 bits per heavy atom. The fourth-order valence-electron chi connectivity index (χ4n) is 4.28. The van der Waals surface area contributed by atoms with Gasteiger partial charge in [0.1, 0.15) is 11.5 Å². The summed E-state index contributed by atoms with van der Waals surface area (Å²) in [5.74, 6) is 2.37. The van der Waals surface area contributed by atoms with Crippen LogP contribution in [0.2, 0.25) is 0 Å². The number of methoxy groups -OCH3 is 2. The minimum atomic E-state index is 0. The van der Waals surface area contributed by atoms with Crippen molar-refractivity contribution in [2.24, 2.45) is 5.92 Å². The number of pyridine rings is 1. The van der Waals surface area contributed by atoms with E-state index in [0.717, 1.165) is 48.2 Å². The Labute approximate surface area is 162 Å². The first-order chi connectivity index (χ1) is 12.8. The molecule has 0 saturated carbocycles. The summed E-state index contributed by atoms with van der Waals surface area (Å²) < 4.78 is 11.2. The highest BCUT2D eigenvalue weighted by atomic mass is 16.5. The van der Waals surface area contributed by atoms with E-state index in [2.05, 4.69) is 20.9 Å². The van der Waals surface area contributed by atoms with Crippen LogP contribution in [-0.4, -0.2) is 56.8 Å². The molecule has 2 bridgehead atoms. The zero-order valence-electron chi connectivity index (χ0n) is 16.4. The van der Waals surface area contributed by atoms with Crippen LogP contribution in [0.1, 0.15) is 12.8 Å². The van der Waals surface area contributed by atoms with Gasteiger partial charge in [-0.3, -0.25) is 4.98 Å². The summed E-state index contributed by atoms with van der Waals surface area (Å²) in [6, 6.07) is 8.10. The van der Waals surface area contributed by atoms with Crippen molar-refractivity contribution >= 4 is 5.69 Å². The van der Waals surface area contributed by atoms with Gasteiger partial charge in [0, 0.05) is 37.9 Å². The van der Waals surface area contributed by atoms with Gasteiger partial charge >= 0.3 is 0 Å². The Kier molecular flexibility index (Phi) is 6.22. The maximum atomic E-state index is 5.58. The van der Waals surface area contributed by atoms with Gasteiger partial charge in [0.05, 0.1) is 31.7 Å². The number of hydrogen-bond donors (Lipinski definition) is 0. The number of hydrogen-bond acceptors (Lipinski definition) is 5. The first-order valence-electron chi connectivity index (χ1n) is 9.42. The second-order valence-corrected chi connectivity index (χ2v) is 7.22. The van der Waals surface area contributed by atoms with Crippen molar-refractivity contribution in [1.29, 1.82) is 0 Å². The predicted molar refractivity (Wildman–Crippen MR) is 110 cm³/mol. The molecule has 2 radical (unpaired) electrons. The van der Waals surface area contributed by atoms with Gasteiger partial charge < -0.3 is 19.3 Å². The van der Waals surface area contributed by atoms with Crippen LogP contribution >= 0.6 is 0 Å². The van der Waals surface area contributed by atoms with Crippen LogP contribution in [0.3, 0.4) is 0 Å². The summed E-state index contributed by atoms with van der Waals surface area (Å²) in [6.07, 6.45) is 6.54. The maximum absolute atomic E-state index is 5.58. The monoisotopic (exact) mass is 367 g/mol. The van der Waals surface area contributed by atoms with Gasteiger partial charge in [-0.2, -0.15) is 0 Å². The number of aromatic nitrogens is 1. The number of anilines is 1. The van der Waals surface area contributed by atoms with Crippen molar-refractivity contribution in [3.8, 4) is 22.6 Å². The van der Waals surface area contributed by atoms with Gasteiger partial charge in [0.2, 0.25) is 0 Å². The Hall–Kier alpha value is -2.27. The Morgan fingerprint density at radius 1 is 1.00 bits per heavy atom. The van der Waals surface area contributed by atoms with Crippen molar-refractivity contribution in [2.45, 2.75) is 12.8 Å². The van der Waals surface area contributed by atoms with Crippen LogP contribution in [0, 0.1) is 13.3 Å². The normalized spacial score (nSPS) is 21.8. The number of benzene rings is 1. The zero-order valence-corrected chi connectivity index (χ0v) is 16.4. The SMILES string of the molecule is COc1cccc(OC)c1-c1cncc(N2CCN3CCCC(C3)C2)c1.[CH2]. The molecule has 0 N–H and O–H groups in total. The van der Waals surface area contributed by atoms with Gasteiger partial charge in [0.25, 0.3) is 0 Å². The molecule has 0 aliphatic carbocycles. The summed E-state index contributed by atoms with van der Waals surface area (Å²) >= 11 is 0. The molecule has 4 rings (SSSR count). The van der Waals surface area contributed by atoms with E-state index in [1.54, 1.807) is 14.2 Å². The molecule has 1 aromatic carbocycles. The first-order valence-corrected chi connectivity index (χ1v) is 9.42. The van der Waals surface area contributed by atoms with Crippen molar-refractivity contribution in [3.63, 3.8) is 0 Å². The topological polar surface area (TPSA) is 37.8 Å². The van der Waals surface area contributed by atoms with Crippen LogP contribution in [0.15, 0.2) is 36.7 Å². The molecule has 2 aromatic rings. The van der Waals surface area contributed by atoms with E-state index < -0.39 is 0 Å². The molecule has 3 heterocycles. The zero-order chi connectivity index (χ0) is 17.9. The van der Waals surface area contributed by atoms with Crippen molar-refractivity contribution in [1.82, 2.24) is 9.88 Å². The van der Waals surface area contributed by atoms with Crippen molar-refractivity contribution < 1.29 is 9.47 Å². The molecule has 0 amide bonds. The number of nitrogens with zero attached hydrogens (tertiary/aromatic N) is 3. The second kappa shape index (κ2) is 8.61. The highest BCUT2D eigenvalue weighted by Crippen LogP contribution is 2.39. The third-order valence-corrected chi connectivity index (χ3v) is 5.57. The van der Waals surface area contributed by atoms with E-state index in [9.17, 15) is 0 Å². The molecule has 5 heteroatoms. The molecule has 2 unspecified atom stereocenters. The lowest BCUT2D eigenvalue weighted by molar-refractivity contribution is 0.201. The third kappa shape index (κ3) is 4.03. The third-order valence-electron chi connectivity index (χ3n) is 5.57.